The highest BCUT2D eigenvalue weighted by Crippen LogP contribution is 2.52. The molecule has 2 heterocycles. The van der Waals surface area contributed by atoms with Gasteiger partial charge in [0.2, 0.25) is 0 Å². The van der Waals surface area contributed by atoms with Gasteiger partial charge in [0, 0.05) is 18.4 Å². The second-order valence-electron chi connectivity index (χ2n) is 7.91. The first-order valence-electron chi connectivity index (χ1n) is 9.56. The van der Waals surface area contributed by atoms with Crippen molar-refractivity contribution in [2.45, 2.75) is 30.5 Å². The van der Waals surface area contributed by atoms with Gasteiger partial charge in [-0.1, -0.05) is 48.5 Å². The number of fused-ring (bicyclic) bond motifs is 4. The van der Waals surface area contributed by atoms with Gasteiger partial charge in [-0.3, -0.25) is 0 Å². The van der Waals surface area contributed by atoms with Crippen LogP contribution in [0, 0.1) is 5.92 Å². The first-order chi connectivity index (χ1) is 13.6. The molecule has 1 saturated carbocycles. The molecule has 1 atom stereocenters. The average molecular weight is 379 g/mol. The molecular formula is C22H21NO5. The molecule has 2 aromatic rings. The van der Waals surface area contributed by atoms with Crippen molar-refractivity contribution in [1.29, 1.82) is 0 Å². The molecule has 1 amide bonds. The van der Waals surface area contributed by atoms with Crippen LogP contribution in [0.15, 0.2) is 48.5 Å². The third kappa shape index (κ3) is 2.67. The van der Waals surface area contributed by atoms with Crippen molar-refractivity contribution in [3.8, 4) is 11.1 Å². The van der Waals surface area contributed by atoms with Crippen molar-refractivity contribution in [3.63, 3.8) is 0 Å². The lowest BCUT2D eigenvalue weighted by molar-refractivity contribution is -0.150. The van der Waals surface area contributed by atoms with E-state index in [2.05, 4.69) is 29.6 Å². The fourth-order valence-corrected chi connectivity index (χ4v) is 4.89. The highest BCUT2D eigenvalue weighted by Gasteiger charge is 2.60. The molecule has 4 aliphatic rings. The molecule has 2 N–H and O–H groups in total. The minimum atomic E-state index is -0.925. The van der Waals surface area contributed by atoms with Crippen LogP contribution >= 0.6 is 0 Å². The molecule has 2 bridgehead atoms. The molecule has 1 unspecified atom stereocenters. The van der Waals surface area contributed by atoms with Crippen LogP contribution in [0.5, 0.6) is 0 Å². The van der Waals surface area contributed by atoms with Crippen molar-refractivity contribution in [3.05, 3.63) is 59.7 Å². The molecule has 144 valence electrons. The monoisotopic (exact) mass is 379 g/mol. The number of carboxylic acids is 1. The van der Waals surface area contributed by atoms with Crippen molar-refractivity contribution in [1.82, 2.24) is 5.32 Å². The number of rotatable bonds is 5. The Hall–Kier alpha value is -2.86. The van der Waals surface area contributed by atoms with Gasteiger partial charge >= 0.3 is 12.1 Å². The van der Waals surface area contributed by atoms with Crippen LogP contribution in [0.2, 0.25) is 0 Å². The molecule has 28 heavy (non-hydrogen) atoms. The van der Waals surface area contributed by atoms with E-state index >= 15 is 0 Å². The summed E-state index contributed by atoms with van der Waals surface area (Å²) < 4.78 is 11.2. The number of hydrogen-bond acceptors (Lipinski definition) is 4. The molecule has 2 aliphatic heterocycles. The van der Waals surface area contributed by atoms with Crippen LogP contribution in [-0.2, 0) is 14.3 Å². The van der Waals surface area contributed by atoms with Gasteiger partial charge in [-0.15, -0.1) is 0 Å². The quantitative estimate of drug-likeness (QED) is 0.834. The Morgan fingerprint density at radius 3 is 2.25 bits per heavy atom. The lowest BCUT2D eigenvalue weighted by Crippen LogP contribution is -2.47. The predicted molar refractivity (Wildman–Crippen MR) is 101 cm³/mol. The van der Waals surface area contributed by atoms with E-state index in [4.69, 9.17) is 14.6 Å². The molecule has 2 saturated heterocycles. The SMILES string of the molecule is O=C(NCC12CC(C1)C(C(=O)O)O2)OCC1c2ccccc2-c2ccccc21. The topological polar surface area (TPSA) is 84.9 Å². The average Bonchev–Trinajstić information content (AvgIpc) is 3.33. The highest BCUT2D eigenvalue weighted by molar-refractivity contribution is 5.79. The number of amides is 1. The van der Waals surface area contributed by atoms with Crippen molar-refractivity contribution < 1.29 is 24.2 Å². The molecule has 0 spiro atoms. The maximum absolute atomic E-state index is 12.3. The van der Waals surface area contributed by atoms with E-state index in [-0.39, 0.29) is 25.0 Å². The fraction of sp³-hybridized carbons (Fsp3) is 0.364. The molecule has 6 nitrogen and oxygen atoms in total. The van der Waals surface area contributed by atoms with E-state index in [0.29, 0.717) is 12.8 Å². The highest BCUT2D eigenvalue weighted by atomic mass is 16.6. The van der Waals surface area contributed by atoms with Gasteiger partial charge in [0.05, 0.1) is 5.60 Å². The second kappa shape index (κ2) is 6.34. The summed E-state index contributed by atoms with van der Waals surface area (Å²) in [5, 5.41) is 11.9. The summed E-state index contributed by atoms with van der Waals surface area (Å²) >= 11 is 0. The number of ether oxygens (including phenoxy) is 2. The first-order valence-corrected chi connectivity index (χ1v) is 9.56. The molecule has 6 rings (SSSR count). The molecule has 6 heteroatoms. The second-order valence-corrected chi connectivity index (χ2v) is 7.91. The largest absolute Gasteiger partial charge is 0.479 e. The van der Waals surface area contributed by atoms with Gasteiger partial charge in [-0.05, 0) is 35.1 Å². The number of carbonyl (C=O) groups is 2. The van der Waals surface area contributed by atoms with Crippen LogP contribution in [0.1, 0.15) is 29.9 Å². The standard InChI is InChI=1S/C22H21NO5/c24-20(25)19-13-9-22(10-13,28-19)12-23-21(26)27-11-18-16-7-3-1-5-14(16)15-6-2-4-8-17(15)18/h1-8,13,18-19H,9-12H2,(H,23,26)(H,24,25). The van der Waals surface area contributed by atoms with Gasteiger partial charge in [0.25, 0.3) is 0 Å². The summed E-state index contributed by atoms with van der Waals surface area (Å²) in [5.41, 5.74) is 4.16. The first kappa shape index (κ1) is 17.3. The number of aliphatic carboxylic acids is 1. The lowest BCUT2D eigenvalue weighted by atomic mass is 9.72. The third-order valence-corrected chi connectivity index (χ3v) is 6.22. The zero-order valence-electron chi connectivity index (χ0n) is 15.3. The lowest BCUT2D eigenvalue weighted by Gasteiger charge is -2.35. The van der Waals surface area contributed by atoms with Gasteiger partial charge in [-0.2, -0.15) is 0 Å². The number of carboxylic acid groups (broad SMARTS) is 1. The summed E-state index contributed by atoms with van der Waals surface area (Å²) in [5.74, 6) is -0.851. The Balaban J connectivity index is 1.21. The van der Waals surface area contributed by atoms with Gasteiger partial charge < -0.3 is 19.9 Å². The van der Waals surface area contributed by atoms with Crippen LogP contribution in [0.25, 0.3) is 11.1 Å². The molecule has 2 aromatic carbocycles. The number of benzene rings is 2. The van der Waals surface area contributed by atoms with Crippen LogP contribution < -0.4 is 5.32 Å². The molecule has 0 radical (unpaired) electrons. The van der Waals surface area contributed by atoms with Gasteiger partial charge in [0.1, 0.15) is 6.61 Å². The number of nitrogens with one attached hydrogen (secondary N) is 1. The third-order valence-electron chi connectivity index (χ3n) is 6.22. The summed E-state index contributed by atoms with van der Waals surface area (Å²) in [6.07, 6.45) is 0.104. The zero-order chi connectivity index (χ0) is 19.3. The van der Waals surface area contributed by atoms with E-state index in [9.17, 15) is 9.59 Å². The Kier molecular flexibility index (Phi) is 3.91. The summed E-state index contributed by atoms with van der Waals surface area (Å²) in [7, 11) is 0. The smallest absolute Gasteiger partial charge is 0.407 e. The van der Waals surface area contributed by atoms with Gasteiger partial charge in [-0.25, -0.2) is 9.59 Å². The van der Waals surface area contributed by atoms with Crippen molar-refractivity contribution >= 4 is 12.1 Å². The predicted octanol–water partition coefficient (Wildman–Crippen LogP) is 3.16. The van der Waals surface area contributed by atoms with Crippen LogP contribution in [-0.4, -0.2) is 42.0 Å². The Morgan fingerprint density at radius 2 is 1.68 bits per heavy atom. The Labute approximate surface area is 162 Å². The van der Waals surface area contributed by atoms with E-state index in [1.54, 1.807) is 0 Å². The molecule has 3 fully saturated rings. The van der Waals surface area contributed by atoms with Crippen molar-refractivity contribution in [2.24, 2.45) is 5.92 Å². The minimum Gasteiger partial charge on any atom is -0.479 e. The van der Waals surface area contributed by atoms with Crippen LogP contribution in [0.4, 0.5) is 4.79 Å². The number of hydrogen-bond donors (Lipinski definition) is 2. The summed E-state index contributed by atoms with van der Waals surface area (Å²) in [4.78, 5) is 23.4. The minimum absolute atomic E-state index is 0.0171. The molecular weight excluding hydrogens is 358 g/mol. The van der Waals surface area contributed by atoms with E-state index < -0.39 is 23.8 Å². The Bertz CT molecular complexity index is 904. The summed E-state index contributed by atoms with van der Waals surface area (Å²) in [6, 6.07) is 16.4. The van der Waals surface area contributed by atoms with Crippen LogP contribution in [0.3, 0.4) is 0 Å². The van der Waals surface area contributed by atoms with E-state index in [0.717, 1.165) is 0 Å². The molecule has 2 aliphatic carbocycles. The van der Waals surface area contributed by atoms with E-state index in [1.165, 1.54) is 22.3 Å². The number of carbonyl (C=O) groups excluding carboxylic acids is 1. The normalized spacial score (nSPS) is 26.9. The van der Waals surface area contributed by atoms with E-state index in [1.807, 2.05) is 24.3 Å². The van der Waals surface area contributed by atoms with Crippen molar-refractivity contribution in [2.75, 3.05) is 13.2 Å². The van der Waals surface area contributed by atoms with Gasteiger partial charge in [0.15, 0.2) is 6.10 Å². The fourth-order valence-electron chi connectivity index (χ4n) is 4.89. The summed E-state index contributed by atoms with van der Waals surface area (Å²) in [6.45, 7) is 0.540. The number of alkyl carbamates (subject to hydrolysis) is 1. The maximum Gasteiger partial charge on any atom is 0.407 e. The maximum atomic E-state index is 12.3. The zero-order valence-corrected chi connectivity index (χ0v) is 15.3. The molecule has 0 aromatic heterocycles. The Morgan fingerprint density at radius 1 is 1.07 bits per heavy atom.